The Balaban J connectivity index is 4.25. The molecule has 0 radical (unpaired) electrons. The van der Waals surface area contributed by atoms with Crippen molar-refractivity contribution in [1.29, 1.82) is 0 Å². The lowest BCUT2D eigenvalue weighted by atomic mass is 10.0. The number of unbranched alkanes of at least 4 members (excludes halogenated alkanes) is 35. The van der Waals surface area contributed by atoms with E-state index in [1.807, 2.05) is 0 Å². The molecular weight excluding hydrogens is 949 g/mol. The monoisotopic (exact) mass is 1070 g/mol. The first-order chi connectivity index (χ1) is 38.0. The molecule has 0 aliphatic carbocycles. The number of ether oxygens (including phenoxy) is 3. The van der Waals surface area contributed by atoms with Crippen LogP contribution in [-0.4, -0.2) is 37.2 Å². The summed E-state index contributed by atoms with van der Waals surface area (Å²) in [7, 11) is 0. The standard InChI is InChI=1S/C71H124O6/c1-4-7-10-13-16-19-22-25-27-29-30-31-32-33-34-35-36-37-38-39-40-42-43-46-49-52-55-58-61-64-70(73)76-67-68(66-75-69(72)63-60-57-54-51-48-45-24-21-18-15-12-9-6-3)77-71(74)65-62-59-56-53-50-47-44-41-28-26-23-20-17-14-11-8-5-2/h9,12,18,21-22,25-26,28-30,32-33,45,48,68H,4-8,10-11,13-17,19-20,23-24,27,31,34-44,46-47,49-67H2,1-3H3/b12-9-,21-18-,25-22-,28-26-,30-29-,33-32-,48-45-. The largest absolute Gasteiger partial charge is 0.462 e. The number of carbonyl (C=O) groups is 3. The molecule has 0 aromatic rings. The Kier molecular flexibility index (Phi) is 62.2. The fourth-order valence-electron chi connectivity index (χ4n) is 9.40. The number of esters is 3. The molecule has 0 saturated heterocycles. The maximum Gasteiger partial charge on any atom is 0.306 e. The summed E-state index contributed by atoms with van der Waals surface area (Å²) in [5, 5.41) is 0. The van der Waals surface area contributed by atoms with Crippen LogP contribution in [0.4, 0.5) is 0 Å². The van der Waals surface area contributed by atoms with E-state index in [9.17, 15) is 14.4 Å². The Bertz CT molecular complexity index is 1470. The molecule has 0 spiro atoms. The first-order valence-corrected chi connectivity index (χ1v) is 33.1. The molecule has 0 fully saturated rings. The van der Waals surface area contributed by atoms with Crippen molar-refractivity contribution < 1.29 is 28.6 Å². The Labute approximate surface area is 477 Å². The summed E-state index contributed by atoms with van der Waals surface area (Å²) >= 11 is 0. The molecule has 0 heterocycles. The zero-order chi connectivity index (χ0) is 55.7. The normalized spacial score (nSPS) is 12.6. The van der Waals surface area contributed by atoms with Gasteiger partial charge in [0.15, 0.2) is 6.10 Å². The summed E-state index contributed by atoms with van der Waals surface area (Å²) < 4.78 is 16.9. The second kappa shape index (κ2) is 65.1. The van der Waals surface area contributed by atoms with E-state index in [0.717, 1.165) is 96.3 Å². The van der Waals surface area contributed by atoms with E-state index in [0.29, 0.717) is 19.3 Å². The number of allylic oxidation sites excluding steroid dienone is 14. The highest BCUT2D eigenvalue weighted by Gasteiger charge is 2.19. The molecule has 0 N–H and O–H groups in total. The van der Waals surface area contributed by atoms with Crippen LogP contribution in [0.3, 0.4) is 0 Å². The lowest BCUT2D eigenvalue weighted by Gasteiger charge is -2.18. The molecule has 6 nitrogen and oxygen atoms in total. The molecule has 77 heavy (non-hydrogen) atoms. The van der Waals surface area contributed by atoms with E-state index < -0.39 is 6.10 Å². The van der Waals surface area contributed by atoms with Crippen molar-refractivity contribution in [3.8, 4) is 0 Å². The van der Waals surface area contributed by atoms with Crippen molar-refractivity contribution in [2.75, 3.05) is 13.2 Å². The predicted molar refractivity (Wildman–Crippen MR) is 334 cm³/mol. The smallest absolute Gasteiger partial charge is 0.306 e. The average Bonchev–Trinajstić information content (AvgIpc) is 3.43. The molecule has 0 aliphatic heterocycles. The van der Waals surface area contributed by atoms with E-state index in [2.05, 4.69) is 106 Å². The van der Waals surface area contributed by atoms with Crippen LogP contribution in [0, 0.1) is 0 Å². The Morgan fingerprint density at radius 1 is 0.273 bits per heavy atom. The molecule has 0 aromatic heterocycles. The Hall–Kier alpha value is -3.41. The summed E-state index contributed by atoms with van der Waals surface area (Å²) in [6.07, 6.45) is 86.0. The fraction of sp³-hybridized carbons (Fsp3) is 0.761. The third-order valence-corrected chi connectivity index (χ3v) is 14.4. The SMILES string of the molecule is CC/C=C\C/C=C\C/C=C\CCCCCC(=O)OCC(COC(=O)CCCCCCCCCCCCCCCC/C=C\C/C=C\C/C=C\CCCCCCC)OC(=O)CCCCCCCCC/C=C\CCCCCCCC. The van der Waals surface area contributed by atoms with Crippen LogP contribution in [0.25, 0.3) is 0 Å². The summed E-state index contributed by atoms with van der Waals surface area (Å²) in [6.45, 7) is 6.51. The third kappa shape index (κ3) is 63.3. The Morgan fingerprint density at radius 3 is 0.818 bits per heavy atom. The first kappa shape index (κ1) is 73.6. The van der Waals surface area contributed by atoms with Crippen molar-refractivity contribution in [2.45, 2.75) is 335 Å². The molecule has 1 unspecified atom stereocenters. The highest BCUT2D eigenvalue weighted by atomic mass is 16.6. The van der Waals surface area contributed by atoms with Crippen molar-refractivity contribution in [2.24, 2.45) is 0 Å². The van der Waals surface area contributed by atoms with Gasteiger partial charge in [0.25, 0.3) is 0 Å². The van der Waals surface area contributed by atoms with Gasteiger partial charge in [0.2, 0.25) is 0 Å². The quantitative estimate of drug-likeness (QED) is 0.0261. The van der Waals surface area contributed by atoms with E-state index in [-0.39, 0.29) is 31.1 Å². The van der Waals surface area contributed by atoms with Gasteiger partial charge in [-0.3, -0.25) is 14.4 Å². The zero-order valence-corrected chi connectivity index (χ0v) is 51.0. The maximum atomic E-state index is 12.9. The summed E-state index contributed by atoms with van der Waals surface area (Å²) in [6, 6.07) is 0. The van der Waals surface area contributed by atoms with Gasteiger partial charge in [0.1, 0.15) is 13.2 Å². The number of hydrogen-bond donors (Lipinski definition) is 0. The topological polar surface area (TPSA) is 78.9 Å². The summed E-state index contributed by atoms with van der Waals surface area (Å²) in [5.74, 6) is -0.910. The lowest BCUT2D eigenvalue weighted by Crippen LogP contribution is -2.30. The van der Waals surface area contributed by atoms with Crippen LogP contribution >= 0.6 is 0 Å². The lowest BCUT2D eigenvalue weighted by molar-refractivity contribution is -0.167. The zero-order valence-electron chi connectivity index (χ0n) is 51.0. The average molecular weight is 1070 g/mol. The van der Waals surface area contributed by atoms with Crippen LogP contribution in [0.1, 0.15) is 329 Å². The Morgan fingerprint density at radius 2 is 0.506 bits per heavy atom. The van der Waals surface area contributed by atoms with E-state index in [1.54, 1.807) is 0 Å². The molecule has 0 aromatic carbocycles. The van der Waals surface area contributed by atoms with E-state index >= 15 is 0 Å². The van der Waals surface area contributed by atoms with Gasteiger partial charge >= 0.3 is 17.9 Å². The molecule has 444 valence electrons. The number of hydrogen-bond acceptors (Lipinski definition) is 6. The molecule has 0 amide bonds. The van der Waals surface area contributed by atoms with Crippen molar-refractivity contribution >= 4 is 17.9 Å². The van der Waals surface area contributed by atoms with Crippen molar-refractivity contribution in [1.82, 2.24) is 0 Å². The van der Waals surface area contributed by atoms with E-state index in [4.69, 9.17) is 14.2 Å². The van der Waals surface area contributed by atoms with Gasteiger partial charge in [-0.25, -0.2) is 0 Å². The van der Waals surface area contributed by atoms with Crippen LogP contribution < -0.4 is 0 Å². The molecule has 6 heteroatoms. The summed E-state index contributed by atoms with van der Waals surface area (Å²) in [4.78, 5) is 38.3. The third-order valence-electron chi connectivity index (χ3n) is 14.4. The molecule has 0 bridgehead atoms. The van der Waals surface area contributed by atoms with Gasteiger partial charge < -0.3 is 14.2 Å². The minimum absolute atomic E-state index is 0.0864. The number of carbonyl (C=O) groups excluding carboxylic acids is 3. The molecule has 0 rings (SSSR count). The summed E-state index contributed by atoms with van der Waals surface area (Å²) in [5.41, 5.74) is 0. The molecule has 0 saturated carbocycles. The van der Waals surface area contributed by atoms with E-state index in [1.165, 1.54) is 193 Å². The number of rotatable bonds is 60. The van der Waals surface area contributed by atoms with Gasteiger partial charge in [-0.1, -0.05) is 279 Å². The maximum absolute atomic E-state index is 12.9. The second-order valence-corrected chi connectivity index (χ2v) is 22.0. The molecular formula is C71H124O6. The van der Waals surface area contributed by atoms with Crippen molar-refractivity contribution in [3.05, 3.63) is 85.1 Å². The first-order valence-electron chi connectivity index (χ1n) is 33.1. The highest BCUT2D eigenvalue weighted by molar-refractivity contribution is 5.71. The van der Waals surface area contributed by atoms with Crippen molar-refractivity contribution in [3.63, 3.8) is 0 Å². The molecule has 0 aliphatic rings. The van der Waals surface area contributed by atoms with Gasteiger partial charge in [-0.2, -0.15) is 0 Å². The van der Waals surface area contributed by atoms with Crippen LogP contribution in [0.15, 0.2) is 85.1 Å². The van der Waals surface area contributed by atoms with Gasteiger partial charge in [-0.15, -0.1) is 0 Å². The van der Waals surface area contributed by atoms with Crippen LogP contribution in [0.5, 0.6) is 0 Å². The molecule has 1 atom stereocenters. The minimum Gasteiger partial charge on any atom is -0.462 e. The van der Waals surface area contributed by atoms with Crippen LogP contribution in [0.2, 0.25) is 0 Å². The minimum atomic E-state index is -0.792. The van der Waals surface area contributed by atoms with Gasteiger partial charge in [-0.05, 0) is 116 Å². The van der Waals surface area contributed by atoms with Gasteiger partial charge in [0.05, 0.1) is 0 Å². The highest BCUT2D eigenvalue weighted by Crippen LogP contribution is 2.16. The second-order valence-electron chi connectivity index (χ2n) is 22.0. The van der Waals surface area contributed by atoms with Gasteiger partial charge in [0, 0.05) is 19.3 Å². The fourth-order valence-corrected chi connectivity index (χ4v) is 9.40. The predicted octanol–water partition coefficient (Wildman–Crippen LogP) is 22.7. The van der Waals surface area contributed by atoms with Crippen LogP contribution in [-0.2, 0) is 28.6 Å².